The van der Waals surface area contributed by atoms with Crippen molar-refractivity contribution in [3.05, 3.63) is 53.0 Å². The molecule has 20 heavy (non-hydrogen) atoms. The van der Waals surface area contributed by atoms with Gasteiger partial charge in [0, 0.05) is 28.6 Å². The van der Waals surface area contributed by atoms with E-state index in [1.807, 2.05) is 42.5 Å². The highest BCUT2D eigenvalue weighted by Gasteiger charge is 2.15. The van der Waals surface area contributed by atoms with Gasteiger partial charge >= 0.3 is 0 Å². The van der Waals surface area contributed by atoms with E-state index < -0.39 is 0 Å². The zero-order valence-electron chi connectivity index (χ0n) is 10.8. The van der Waals surface area contributed by atoms with Crippen LogP contribution in [0.5, 0.6) is 0 Å². The Morgan fingerprint density at radius 3 is 2.60 bits per heavy atom. The van der Waals surface area contributed by atoms with Crippen LogP contribution in [-0.4, -0.2) is 10.8 Å². The van der Waals surface area contributed by atoms with Crippen LogP contribution in [0.3, 0.4) is 0 Å². The monoisotopic (exact) mass is 260 g/mol. The molecule has 3 heteroatoms. The van der Waals surface area contributed by atoms with Gasteiger partial charge in [-0.3, -0.25) is 9.78 Å². The molecule has 1 aliphatic rings. The molecule has 0 atom stereocenters. The molecule has 0 fully saturated rings. The van der Waals surface area contributed by atoms with E-state index >= 15 is 0 Å². The van der Waals surface area contributed by atoms with Crippen LogP contribution in [0.1, 0.15) is 6.42 Å². The maximum atomic E-state index is 11.9. The van der Waals surface area contributed by atoms with Gasteiger partial charge in [-0.25, -0.2) is 0 Å². The second-order valence-electron chi connectivity index (χ2n) is 4.98. The number of carbonyl (C=O) groups is 1. The Labute approximate surface area is 115 Å². The van der Waals surface area contributed by atoms with Gasteiger partial charge in [-0.1, -0.05) is 36.4 Å². The topological polar surface area (TPSA) is 56.0 Å². The number of nitrogens with two attached hydrogens (primary N) is 1. The summed E-state index contributed by atoms with van der Waals surface area (Å²) in [6.07, 6.45) is 4.12. The highest BCUT2D eigenvalue weighted by Crippen LogP contribution is 2.19. The number of nitrogens with zero attached hydrogens (tertiary/aromatic N) is 1. The summed E-state index contributed by atoms with van der Waals surface area (Å²) < 4.78 is 0. The Kier molecular flexibility index (Phi) is 2.18. The summed E-state index contributed by atoms with van der Waals surface area (Å²) in [5, 5.41) is 4.97. The molecule has 0 saturated heterocycles. The van der Waals surface area contributed by atoms with Crippen LogP contribution in [0.15, 0.2) is 42.6 Å². The molecule has 96 valence electrons. The van der Waals surface area contributed by atoms with Crippen molar-refractivity contribution in [1.29, 1.82) is 0 Å². The van der Waals surface area contributed by atoms with Crippen molar-refractivity contribution < 1.29 is 4.79 Å². The molecule has 1 heterocycles. The molecule has 0 aliphatic heterocycles. The van der Waals surface area contributed by atoms with Crippen LogP contribution in [0, 0.1) is 0 Å². The first kappa shape index (κ1) is 11.2. The van der Waals surface area contributed by atoms with E-state index in [-0.39, 0.29) is 5.78 Å². The molecule has 2 N–H and O–H groups in total. The lowest BCUT2D eigenvalue weighted by molar-refractivity contribution is -0.113. The summed E-state index contributed by atoms with van der Waals surface area (Å²) in [4.78, 5) is 16.4. The molecule has 3 aromatic rings. The maximum Gasteiger partial charge on any atom is 0.182 e. The molecule has 0 radical (unpaired) electrons. The molecule has 1 aromatic heterocycles. The molecular weight excluding hydrogens is 248 g/mol. The molecule has 0 saturated carbocycles. The maximum absolute atomic E-state index is 11.9. The van der Waals surface area contributed by atoms with E-state index in [4.69, 9.17) is 5.73 Å². The summed E-state index contributed by atoms with van der Waals surface area (Å²) in [7, 11) is 0. The van der Waals surface area contributed by atoms with Gasteiger partial charge in [0.25, 0.3) is 0 Å². The highest BCUT2D eigenvalue weighted by atomic mass is 16.1. The minimum absolute atomic E-state index is 0.00843. The van der Waals surface area contributed by atoms with Crippen molar-refractivity contribution in [2.45, 2.75) is 6.42 Å². The molecule has 0 spiro atoms. The number of ketones is 1. The minimum atomic E-state index is -0.00843. The fourth-order valence-electron chi connectivity index (χ4n) is 2.97. The number of aromatic nitrogens is 1. The number of benzene rings is 2. The number of rotatable bonds is 0. The van der Waals surface area contributed by atoms with E-state index in [2.05, 4.69) is 4.98 Å². The first-order chi connectivity index (χ1) is 9.77. The van der Waals surface area contributed by atoms with Crippen molar-refractivity contribution in [3.63, 3.8) is 0 Å². The lowest BCUT2D eigenvalue weighted by atomic mass is 9.95. The lowest BCUT2D eigenvalue weighted by Crippen LogP contribution is -2.37. The molecule has 1 aliphatic carbocycles. The fourth-order valence-corrected chi connectivity index (χ4v) is 2.97. The number of hydrogen-bond donors (Lipinski definition) is 1. The molecule has 0 unspecified atom stereocenters. The second-order valence-corrected chi connectivity index (χ2v) is 4.98. The SMILES string of the molecule is NC1=c2c(c3cccnc3c3ccccc23)=CCC1=O. The summed E-state index contributed by atoms with van der Waals surface area (Å²) in [5.74, 6) is -0.00843. The van der Waals surface area contributed by atoms with Crippen LogP contribution in [0.2, 0.25) is 0 Å². The Bertz CT molecular complexity index is 1000. The van der Waals surface area contributed by atoms with Crippen molar-refractivity contribution in [2.75, 3.05) is 0 Å². The Morgan fingerprint density at radius 1 is 1.00 bits per heavy atom. The predicted molar refractivity (Wildman–Crippen MR) is 80.2 cm³/mol. The van der Waals surface area contributed by atoms with Crippen molar-refractivity contribution in [1.82, 2.24) is 4.98 Å². The molecule has 2 aromatic carbocycles. The van der Waals surface area contributed by atoms with Gasteiger partial charge < -0.3 is 5.73 Å². The quantitative estimate of drug-likeness (QED) is 0.618. The van der Waals surface area contributed by atoms with Gasteiger partial charge in [0.2, 0.25) is 0 Å². The normalized spacial score (nSPS) is 14.4. The van der Waals surface area contributed by atoms with E-state index in [9.17, 15) is 4.79 Å². The molecule has 3 nitrogen and oxygen atoms in total. The third kappa shape index (κ3) is 1.35. The summed E-state index contributed by atoms with van der Waals surface area (Å²) in [6.45, 7) is 0. The van der Waals surface area contributed by atoms with Gasteiger partial charge in [0.05, 0.1) is 11.2 Å². The van der Waals surface area contributed by atoms with Crippen LogP contribution in [0.25, 0.3) is 33.4 Å². The summed E-state index contributed by atoms with van der Waals surface area (Å²) in [5.41, 5.74) is 7.40. The number of pyridine rings is 1. The van der Waals surface area contributed by atoms with E-state index in [1.54, 1.807) is 6.20 Å². The standard InChI is InChI=1S/C17H12N2O/c18-16-14(20)8-7-11-13-6-3-9-19-17(13)12-5-2-1-4-10(12)15(11)16/h1-7,9H,8,18H2. The first-order valence-electron chi connectivity index (χ1n) is 6.56. The summed E-state index contributed by atoms with van der Waals surface area (Å²) in [6, 6.07) is 11.9. The van der Waals surface area contributed by atoms with Gasteiger partial charge in [-0.05, 0) is 16.7 Å². The highest BCUT2D eigenvalue weighted by molar-refractivity contribution is 6.19. The average Bonchev–Trinajstić information content (AvgIpc) is 2.50. The van der Waals surface area contributed by atoms with E-state index in [1.165, 1.54) is 0 Å². The van der Waals surface area contributed by atoms with Crippen molar-refractivity contribution in [2.24, 2.45) is 5.73 Å². The minimum Gasteiger partial charge on any atom is -0.395 e. The van der Waals surface area contributed by atoms with E-state index in [0.29, 0.717) is 12.1 Å². The number of Topliss-reactive ketones (excluding diaryl/α,β-unsaturated/α-hetero) is 1. The third-order valence-corrected chi connectivity index (χ3v) is 3.88. The smallest absolute Gasteiger partial charge is 0.182 e. The molecule has 4 rings (SSSR count). The van der Waals surface area contributed by atoms with Crippen LogP contribution in [0.4, 0.5) is 0 Å². The van der Waals surface area contributed by atoms with Crippen LogP contribution in [-0.2, 0) is 4.79 Å². The van der Waals surface area contributed by atoms with Crippen LogP contribution >= 0.6 is 0 Å². The largest absolute Gasteiger partial charge is 0.395 e. The number of carbonyl (C=O) groups excluding carboxylic acids is 1. The zero-order valence-corrected chi connectivity index (χ0v) is 10.8. The first-order valence-corrected chi connectivity index (χ1v) is 6.56. The van der Waals surface area contributed by atoms with Gasteiger partial charge in [0.15, 0.2) is 5.78 Å². The van der Waals surface area contributed by atoms with Gasteiger partial charge in [0.1, 0.15) is 0 Å². The Morgan fingerprint density at radius 2 is 1.75 bits per heavy atom. The molecule has 0 amide bonds. The van der Waals surface area contributed by atoms with E-state index in [0.717, 1.165) is 32.1 Å². The van der Waals surface area contributed by atoms with Gasteiger partial charge in [-0.2, -0.15) is 0 Å². The van der Waals surface area contributed by atoms with Crippen LogP contribution < -0.4 is 16.2 Å². The Balaban J connectivity index is 2.48. The predicted octanol–water partition coefficient (Wildman–Crippen LogP) is 1.21. The average molecular weight is 260 g/mol. The fraction of sp³-hybridized carbons (Fsp3) is 0.0588. The third-order valence-electron chi connectivity index (χ3n) is 3.88. The van der Waals surface area contributed by atoms with Crippen molar-refractivity contribution >= 4 is 39.2 Å². The second kappa shape index (κ2) is 3.90. The lowest BCUT2D eigenvalue weighted by Gasteiger charge is -2.11. The number of fused-ring (bicyclic) bond motifs is 6. The molecule has 0 bridgehead atoms. The zero-order chi connectivity index (χ0) is 13.7. The van der Waals surface area contributed by atoms with Crippen molar-refractivity contribution in [3.8, 4) is 0 Å². The number of hydrogen-bond acceptors (Lipinski definition) is 3. The Hall–Kier alpha value is -2.68. The molecular formula is C17H12N2O. The van der Waals surface area contributed by atoms with Gasteiger partial charge in [-0.15, -0.1) is 0 Å². The summed E-state index contributed by atoms with van der Waals surface area (Å²) >= 11 is 0.